The van der Waals surface area contributed by atoms with Crippen molar-refractivity contribution in [1.29, 1.82) is 0 Å². The second kappa shape index (κ2) is 7.90. The molecule has 24 heavy (non-hydrogen) atoms. The molecule has 0 bridgehead atoms. The summed E-state index contributed by atoms with van der Waals surface area (Å²) in [6.45, 7) is 4.99. The third-order valence-electron chi connectivity index (χ3n) is 4.94. The van der Waals surface area contributed by atoms with Crippen molar-refractivity contribution < 1.29 is 9.53 Å². The van der Waals surface area contributed by atoms with Crippen molar-refractivity contribution in [1.82, 2.24) is 19.8 Å². The fourth-order valence-corrected chi connectivity index (χ4v) is 3.62. The maximum atomic E-state index is 12.7. The molecular formula is C17H27N5O2. The third-order valence-corrected chi connectivity index (χ3v) is 4.94. The highest BCUT2D eigenvalue weighted by molar-refractivity contribution is 5.79. The minimum absolute atomic E-state index is 0.0414. The van der Waals surface area contributed by atoms with Crippen LogP contribution in [0.4, 0.5) is 5.82 Å². The van der Waals surface area contributed by atoms with Gasteiger partial charge in [0.05, 0.1) is 5.92 Å². The Bertz CT molecular complexity index is 533. The monoisotopic (exact) mass is 333 g/mol. The zero-order valence-electron chi connectivity index (χ0n) is 14.6. The number of anilines is 1. The van der Waals surface area contributed by atoms with E-state index in [1.807, 2.05) is 20.2 Å². The molecule has 1 aromatic rings. The quantitative estimate of drug-likeness (QED) is 0.802. The molecule has 7 heteroatoms. The molecule has 0 radical (unpaired) electrons. The van der Waals surface area contributed by atoms with Gasteiger partial charge in [0.1, 0.15) is 12.1 Å². The van der Waals surface area contributed by atoms with Crippen LogP contribution in [0, 0.1) is 5.92 Å². The molecule has 0 unspecified atom stereocenters. The molecule has 0 N–H and O–H groups in total. The van der Waals surface area contributed by atoms with Crippen LogP contribution in [0.1, 0.15) is 12.8 Å². The fraction of sp³-hybridized carbons (Fsp3) is 0.706. The van der Waals surface area contributed by atoms with Crippen LogP contribution in [0.15, 0.2) is 18.6 Å². The molecule has 0 aliphatic carbocycles. The standard InChI is InChI=1S/C17H27N5O2/c1-20(2)17(23)14-11-21(15-4-9-24-10-5-15)7-8-22(12-14)16-3-6-18-13-19-16/h3,6,13-15H,4-5,7-12H2,1-2H3/t14-/m1/s1. The number of carbonyl (C=O) groups excluding carboxylic acids is 1. The first-order valence-electron chi connectivity index (χ1n) is 8.69. The summed E-state index contributed by atoms with van der Waals surface area (Å²) in [6.07, 6.45) is 5.43. The Labute approximate surface area is 143 Å². The molecule has 0 spiro atoms. The SMILES string of the molecule is CN(C)C(=O)[C@H]1CN(c2ccncn2)CCN(C2CCOCC2)C1. The Morgan fingerprint density at radius 1 is 1.25 bits per heavy atom. The summed E-state index contributed by atoms with van der Waals surface area (Å²) in [5.74, 6) is 1.05. The maximum absolute atomic E-state index is 12.7. The van der Waals surface area contributed by atoms with Crippen LogP contribution in [0.2, 0.25) is 0 Å². The predicted molar refractivity (Wildman–Crippen MR) is 91.8 cm³/mol. The topological polar surface area (TPSA) is 61.8 Å². The highest BCUT2D eigenvalue weighted by atomic mass is 16.5. The van der Waals surface area contributed by atoms with E-state index in [-0.39, 0.29) is 11.8 Å². The first kappa shape index (κ1) is 17.1. The summed E-state index contributed by atoms with van der Waals surface area (Å²) < 4.78 is 5.50. The highest BCUT2D eigenvalue weighted by Crippen LogP contribution is 2.22. The summed E-state index contributed by atoms with van der Waals surface area (Å²) in [5.41, 5.74) is 0. The predicted octanol–water partition coefficient (Wildman–Crippen LogP) is 0.482. The average Bonchev–Trinajstić information content (AvgIpc) is 2.86. The molecule has 0 aromatic carbocycles. The molecule has 1 aromatic heterocycles. The van der Waals surface area contributed by atoms with E-state index < -0.39 is 0 Å². The van der Waals surface area contributed by atoms with Crippen molar-refractivity contribution in [3.63, 3.8) is 0 Å². The molecule has 2 aliphatic rings. The molecule has 7 nitrogen and oxygen atoms in total. The molecule has 0 saturated carbocycles. The van der Waals surface area contributed by atoms with Gasteiger partial charge in [-0.1, -0.05) is 0 Å². The van der Waals surface area contributed by atoms with Crippen LogP contribution in [0.25, 0.3) is 0 Å². The van der Waals surface area contributed by atoms with E-state index in [9.17, 15) is 4.79 Å². The zero-order valence-corrected chi connectivity index (χ0v) is 14.6. The molecule has 2 fully saturated rings. The van der Waals surface area contributed by atoms with Gasteiger partial charge < -0.3 is 14.5 Å². The van der Waals surface area contributed by atoms with E-state index in [0.717, 1.165) is 51.5 Å². The lowest BCUT2D eigenvalue weighted by Crippen LogP contribution is -2.45. The van der Waals surface area contributed by atoms with Gasteiger partial charge in [0, 0.05) is 65.7 Å². The van der Waals surface area contributed by atoms with Crippen molar-refractivity contribution in [2.24, 2.45) is 5.92 Å². The number of hydrogen-bond acceptors (Lipinski definition) is 6. The second-order valence-electron chi connectivity index (χ2n) is 6.78. The van der Waals surface area contributed by atoms with Gasteiger partial charge in [0.2, 0.25) is 5.91 Å². The van der Waals surface area contributed by atoms with Gasteiger partial charge in [0.15, 0.2) is 0 Å². The fourth-order valence-electron chi connectivity index (χ4n) is 3.62. The van der Waals surface area contributed by atoms with Crippen molar-refractivity contribution in [3.8, 4) is 0 Å². The Balaban J connectivity index is 1.77. The van der Waals surface area contributed by atoms with Gasteiger partial charge in [-0.2, -0.15) is 0 Å². The minimum atomic E-state index is -0.0414. The zero-order chi connectivity index (χ0) is 16.9. The number of hydrogen-bond donors (Lipinski definition) is 0. The molecule has 3 rings (SSSR count). The van der Waals surface area contributed by atoms with Crippen molar-refractivity contribution in [3.05, 3.63) is 18.6 Å². The van der Waals surface area contributed by atoms with E-state index >= 15 is 0 Å². The van der Waals surface area contributed by atoms with Gasteiger partial charge in [-0.3, -0.25) is 9.69 Å². The first-order valence-corrected chi connectivity index (χ1v) is 8.69. The average molecular weight is 333 g/mol. The van der Waals surface area contributed by atoms with Gasteiger partial charge in [-0.05, 0) is 18.9 Å². The summed E-state index contributed by atoms with van der Waals surface area (Å²) in [5, 5.41) is 0. The highest BCUT2D eigenvalue weighted by Gasteiger charge is 2.32. The Morgan fingerprint density at radius 2 is 2.04 bits per heavy atom. The van der Waals surface area contributed by atoms with Crippen LogP contribution in [0.5, 0.6) is 0 Å². The van der Waals surface area contributed by atoms with Gasteiger partial charge in [-0.15, -0.1) is 0 Å². The molecule has 1 atom stereocenters. The van der Waals surface area contributed by atoms with Crippen LogP contribution in [0.3, 0.4) is 0 Å². The van der Waals surface area contributed by atoms with E-state index in [0.29, 0.717) is 12.6 Å². The largest absolute Gasteiger partial charge is 0.381 e. The van der Waals surface area contributed by atoms with Crippen molar-refractivity contribution >= 4 is 11.7 Å². The summed E-state index contributed by atoms with van der Waals surface area (Å²) in [7, 11) is 3.67. The Morgan fingerprint density at radius 3 is 2.71 bits per heavy atom. The molecule has 2 saturated heterocycles. The lowest BCUT2D eigenvalue weighted by molar-refractivity contribution is -0.133. The lowest BCUT2D eigenvalue weighted by atomic mass is 10.0. The van der Waals surface area contributed by atoms with Gasteiger partial charge in [-0.25, -0.2) is 9.97 Å². The summed E-state index contributed by atoms with van der Waals surface area (Å²) >= 11 is 0. The molecule has 3 heterocycles. The number of carbonyl (C=O) groups is 1. The number of ether oxygens (including phenoxy) is 1. The molecular weight excluding hydrogens is 306 g/mol. The molecule has 132 valence electrons. The van der Waals surface area contributed by atoms with Gasteiger partial charge >= 0.3 is 0 Å². The van der Waals surface area contributed by atoms with Crippen LogP contribution in [-0.2, 0) is 9.53 Å². The first-order chi connectivity index (χ1) is 11.6. The van der Waals surface area contributed by atoms with Crippen LogP contribution < -0.4 is 4.90 Å². The van der Waals surface area contributed by atoms with Crippen molar-refractivity contribution in [2.45, 2.75) is 18.9 Å². The number of nitrogens with zero attached hydrogens (tertiary/aromatic N) is 5. The third kappa shape index (κ3) is 4.02. The normalized spacial score (nSPS) is 23.8. The smallest absolute Gasteiger partial charge is 0.228 e. The summed E-state index contributed by atoms with van der Waals surface area (Å²) in [4.78, 5) is 27.4. The van der Waals surface area contributed by atoms with Crippen LogP contribution >= 0.6 is 0 Å². The number of aromatic nitrogens is 2. The maximum Gasteiger partial charge on any atom is 0.228 e. The van der Waals surface area contributed by atoms with E-state index in [1.165, 1.54) is 0 Å². The second-order valence-corrected chi connectivity index (χ2v) is 6.78. The molecule has 2 aliphatic heterocycles. The minimum Gasteiger partial charge on any atom is -0.381 e. The number of amides is 1. The number of rotatable bonds is 3. The molecule has 1 amide bonds. The van der Waals surface area contributed by atoms with Crippen LogP contribution in [-0.4, -0.2) is 85.2 Å². The summed E-state index contributed by atoms with van der Waals surface area (Å²) in [6, 6.07) is 2.43. The lowest BCUT2D eigenvalue weighted by Gasteiger charge is -2.34. The van der Waals surface area contributed by atoms with E-state index in [1.54, 1.807) is 17.4 Å². The van der Waals surface area contributed by atoms with Crippen molar-refractivity contribution in [2.75, 3.05) is 58.4 Å². The Hall–Kier alpha value is -1.73. The van der Waals surface area contributed by atoms with E-state index in [4.69, 9.17) is 4.74 Å². The van der Waals surface area contributed by atoms with Gasteiger partial charge in [0.25, 0.3) is 0 Å². The Kier molecular flexibility index (Phi) is 5.63. The van der Waals surface area contributed by atoms with E-state index in [2.05, 4.69) is 19.8 Å².